The maximum absolute atomic E-state index is 11.9. The molecule has 0 aromatic heterocycles. The number of aryl methyl sites for hydroxylation is 2. The highest BCUT2D eigenvalue weighted by Crippen LogP contribution is 2.26. The number of benzene rings is 1. The molecule has 1 fully saturated rings. The van der Waals surface area contributed by atoms with Crippen LogP contribution in [0.4, 0.5) is 4.79 Å². The third-order valence-corrected chi connectivity index (χ3v) is 3.83. The van der Waals surface area contributed by atoms with Gasteiger partial charge in [0.1, 0.15) is 17.9 Å². The van der Waals surface area contributed by atoms with Gasteiger partial charge in [0, 0.05) is 0 Å². The van der Waals surface area contributed by atoms with E-state index in [4.69, 9.17) is 9.84 Å². The van der Waals surface area contributed by atoms with Crippen molar-refractivity contribution in [2.45, 2.75) is 39.3 Å². The number of likely N-dealkylation sites (tertiary alicyclic amines) is 1. The number of nitrogens with one attached hydrogen (secondary N) is 1. The summed E-state index contributed by atoms with van der Waals surface area (Å²) >= 11 is 0. The van der Waals surface area contributed by atoms with Crippen molar-refractivity contribution in [3.05, 3.63) is 29.3 Å². The van der Waals surface area contributed by atoms with Crippen molar-refractivity contribution in [1.29, 1.82) is 0 Å². The van der Waals surface area contributed by atoms with Gasteiger partial charge in [0.05, 0.1) is 13.1 Å². The molecule has 0 bridgehead atoms. The zero-order valence-electron chi connectivity index (χ0n) is 13.1. The Morgan fingerprint density at radius 1 is 1.36 bits per heavy atom. The number of hydrogen-bond donors (Lipinski definition) is 2. The number of carbonyl (C=O) groups excluding carboxylic acids is 1. The Kier molecular flexibility index (Phi) is 4.90. The van der Waals surface area contributed by atoms with E-state index in [0.29, 0.717) is 19.5 Å². The normalized spacial score (nSPS) is 15.9. The summed E-state index contributed by atoms with van der Waals surface area (Å²) in [6.07, 6.45) is 0.313. The maximum Gasteiger partial charge on any atom is 0.326 e. The first-order valence-corrected chi connectivity index (χ1v) is 7.43. The lowest BCUT2D eigenvalue weighted by Crippen LogP contribution is -2.60. The van der Waals surface area contributed by atoms with Crippen molar-refractivity contribution in [2.75, 3.05) is 13.1 Å². The van der Waals surface area contributed by atoms with Gasteiger partial charge in [-0.25, -0.2) is 9.59 Å². The quantitative estimate of drug-likeness (QED) is 0.871. The Morgan fingerprint density at radius 3 is 2.45 bits per heavy atom. The van der Waals surface area contributed by atoms with Crippen molar-refractivity contribution in [2.24, 2.45) is 0 Å². The second kappa shape index (κ2) is 6.68. The van der Waals surface area contributed by atoms with Crippen molar-refractivity contribution >= 4 is 12.0 Å². The Hall–Kier alpha value is -2.24. The van der Waals surface area contributed by atoms with Gasteiger partial charge < -0.3 is 20.1 Å². The summed E-state index contributed by atoms with van der Waals surface area (Å²) < 4.78 is 5.93. The summed E-state index contributed by atoms with van der Waals surface area (Å²) in [5.74, 6) is -0.149. The monoisotopic (exact) mass is 306 g/mol. The van der Waals surface area contributed by atoms with Crippen LogP contribution in [0.2, 0.25) is 0 Å². The summed E-state index contributed by atoms with van der Waals surface area (Å²) in [6, 6.07) is 4.77. The lowest BCUT2D eigenvalue weighted by Gasteiger charge is -2.39. The summed E-state index contributed by atoms with van der Waals surface area (Å²) in [4.78, 5) is 24.4. The minimum Gasteiger partial charge on any atom is -0.486 e. The molecule has 1 saturated heterocycles. The van der Waals surface area contributed by atoms with E-state index in [1.54, 1.807) is 11.8 Å². The highest BCUT2D eigenvalue weighted by Gasteiger charge is 2.34. The largest absolute Gasteiger partial charge is 0.486 e. The topological polar surface area (TPSA) is 78.9 Å². The minimum absolute atomic E-state index is 0.0459. The molecule has 2 rings (SSSR count). The molecule has 0 radical (unpaired) electrons. The standard InChI is InChI=1S/C16H22N2O4/c1-4-13(15(19)20)17-16(21)18-8-12(9-18)22-14-10(2)6-5-7-11(14)3/h5-7,12-13H,4,8-9H2,1-3H3,(H,17,21)(H,19,20). The van der Waals surface area contributed by atoms with E-state index < -0.39 is 12.0 Å². The lowest BCUT2D eigenvalue weighted by molar-refractivity contribution is -0.139. The third kappa shape index (κ3) is 3.50. The van der Waals surface area contributed by atoms with E-state index >= 15 is 0 Å². The maximum atomic E-state index is 11.9. The molecule has 0 spiro atoms. The van der Waals surface area contributed by atoms with Gasteiger partial charge in [0.15, 0.2) is 0 Å². The molecular formula is C16H22N2O4. The zero-order chi connectivity index (χ0) is 16.3. The average Bonchev–Trinajstić information content (AvgIpc) is 2.41. The van der Waals surface area contributed by atoms with E-state index in [1.807, 2.05) is 32.0 Å². The molecular weight excluding hydrogens is 284 g/mol. The number of urea groups is 1. The molecule has 1 aromatic carbocycles. The van der Waals surface area contributed by atoms with Gasteiger partial charge in [-0.1, -0.05) is 25.1 Å². The molecule has 6 nitrogen and oxygen atoms in total. The molecule has 1 heterocycles. The van der Waals surface area contributed by atoms with Crippen LogP contribution in [0.15, 0.2) is 18.2 Å². The minimum atomic E-state index is -1.01. The number of rotatable bonds is 5. The lowest BCUT2D eigenvalue weighted by atomic mass is 10.1. The van der Waals surface area contributed by atoms with Gasteiger partial charge in [0.25, 0.3) is 0 Å². The molecule has 2 N–H and O–H groups in total. The number of carboxylic acid groups (broad SMARTS) is 1. The van der Waals surface area contributed by atoms with Crippen LogP contribution in [-0.2, 0) is 4.79 Å². The van der Waals surface area contributed by atoms with Crippen molar-refractivity contribution < 1.29 is 19.4 Å². The fourth-order valence-corrected chi connectivity index (χ4v) is 2.41. The van der Waals surface area contributed by atoms with Crippen LogP contribution in [-0.4, -0.2) is 47.2 Å². The third-order valence-electron chi connectivity index (χ3n) is 3.83. The van der Waals surface area contributed by atoms with Crippen molar-refractivity contribution in [3.63, 3.8) is 0 Å². The van der Waals surface area contributed by atoms with Crippen molar-refractivity contribution in [1.82, 2.24) is 10.2 Å². The fourth-order valence-electron chi connectivity index (χ4n) is 2.41. The molecule has 6 heteroatoms. The number of nitrogens with zero attached hydrogens (tertiary/aromatic N) is 1. The molecule has 1 unspecified atom stereocenters. The van der Waals surface area contributed by atoms with E-state index in [1.165, 1.54) is 0 Å². The Labute approximate surface area is 130 Å². The zero-order valence-corrected chi connectivity index (χ0v) is 13.1. The molecule has 1 aliphatic rings. The second-order valence-corrected chi connectivity index (χ2v) is 5.61. The van der Waals surface area contributed by atoms with E-state index in [2.05, 4.69) is 5.32 Å². The second-order valence-electron chi connectivity index (χ2n) is 5.61. The molecule has 1 aliphatic heterocycles. The predicted molar refractivity (Wildman–Crippen MR) is 82.2 cm³/mol. The van der Waals surface area contributed by atoms with Gasteiger partial charge in [-0.05, 0) is 31.4 Å². The van der Waals surface area contributed by atoms with Crippen LogP contribution < -0.4 is 10.1 Å². The van der Waals surface area contributed by atoms with Crippen LogP contribution >= 0.6 is 0 Å². The molecule has 2 amide bonds. The highest BCUT2D eigenvalue weighted by molar-refractivity contribution is 5.83. The highest BCUT2D eigenvalue weighted by atomic mass is 16.5. The number of hydrogen-bond acceptors (Lipinski definition) is 3. The van der Waals surface area contributed by atoms with Crippen molar-refractivity contribution in [3.8, 4) is 5.75 Å². The predicted octanol–water partition coefficient (Wildman–Crippen LogP) is 1.94. The van der Waals surface area contributed by atoms with Gasteiger partial charge in [-0.15, -0.1) is 0 Å². The SMILES string of the molecule is CCC(NC(=O)N1CC(Oc2c(C)cccc2C)C1)C(=O)O. The number of amides is 2. The first-order valence-electron chi connectivity index (χ1n) is 7.43. The Morgan fingerprint density at radius 2 is 1.95 bits per heavy atom. The molecule has 0 saturated carbocycles. The van der Waals surface area contributed by atoms with Gasteiger partial charge in [-0.2, -0.15) is 0 Å². The van der Waals surface area contributed by atoms with Gasteiger partial charge in [0.2, 0.25) is 0 Å². The number of aliphatic carboxylic acids is 1. The van der Waals surface area contributed by atoms with E-state index in [-0.39, 0.29) is 12.1 Å². The Bertz CT molecular complexity index is 547. The first-order chi connectivity index (χ1) is 10.4. The average molecular weight is 306 g/mol. The van der Waals surface area contributed by atoms with E-state index in [0.717, 1.165) is 16.9 Å². The Balaban J connectivity index is 1.85. The fraction of sp³-hybridized carbons (Fsp3) is 0.500. The summed E-state index contributed by atoms with van der Waals surface area (Å²) in [5, 5.41) is 11.5. The van der Waals surface area contributed by atoms with Gasteiger partial charge in [-0.3, -0.25) is 0 Å². The van der Waals surface area contributed by atoms with Crippen LogP contribution in [0.3, 0.4) is 0 Å². The number of ether oxygens (including phenoxy) is 1. The molecule has 1 aromatic rings. The number of carboxylic acids is 1. The summed E-state index contributed by atoms with van der Waals surface area (Å²) in [7, 11) is 0. The molecule has 120 valence electrons. The number of para-hydroxylation sites is 1. The smallest absolute Gasteiger partial charge is 0.326 e. The first kappa shape index (κ1) is 16.1. The van der Waals surface area contributed by atoms with Crippen LogP contribution in [0.25, 0.3) is 0 Å². The molecule has 0 aliphatic carbocycles. The summed E-state index contributed by atoms with van der Waals surface area (Å²) in [5.41, 5.74) is 2.14. The van der Waals surface area contributed by atoms with Crippen LogP contribution in [0.1, 0.15) is 24.5 Å². The number of carbonyl (C=O) groups is 2. The van der Waals surface area contributed by atoms with E-state index in [9.17, 15) is 9.59 Å². The van der Waals surface area contributed by atoms with Crippen LogP contribution in [0, 0.1) is 13.8 Å². The van der Waals surface area contributed by atoms with Gasteiger partial charge >= 0.3 is 12.0 Å². The van der Waals surface area contributed by atoms with Crippen LogP contribution in [0.5, 0.6) is 5.75 Å². The molecule has 1 atom stereocenters. The molecule has 22 heavy (non-hydrogen) atoms. The summed E-state index contributed by atoms with van der Waals surface area (Å²) in [6.45, 7) is 6.64.